The zero-order chi connectivity index (χ0) is 6.41. The Labute approximate surface area is 63.7 Å². The lowest BCUT2D eigenvalue weighted by molar-refractivity contribution is 0.769. The Morgan fingerprint density at radius 1 is 1.38 bits per heavy atom. The van der Waals surface area contributed by atoms with Gasteiger partial charge in [0.2, 0.25) is 0 Å². The molecule has 0 aliphatic carbocycles. The predicted molar refractivity (Wildman–Crippen MR) is 46.2 cm³/mol. The van der Waals surface area contributed by atoms with Crippen molar-refractivity contribution < 1.29 is 0 Å². The molecule has 0 aliphatic heterocycles. The molecule has 0 aromatic carbocycles. The van der Waals surface area contributed by atoms with E-state index in [1.807, 2.05) is 0 Å². The molecular weight excluding hydrogens is 135 g/mol. The van der Waals surface area contributed by atoms with Crippen LogP contribution in [-0.2, 0) is 0 Å². The molecule has 3 heteroatoms. The maximum absolute atomic E-state index is 5.37. The van der Waals surface area contributed by atoms with E-state index in [-0.39, 0.29) is 5.15 Å². The second kappa shape index (κ2) is 5.89. The molecule has 0 aromatic heterocycles. The zero-order valence-electron chi connectivity index (χ0n) is 4.88. The molecule has 0 heterocycles. The average Bonchev–Trinajstić information content (AvgIpc) is 1.66. The van der Waals surface area contributed by atoms with Gasteiger partial charge in [0.15, 0.2) is 0 Å². The Bertz CT molecular complexity index is 47.7. The lowest BCUT2D eigenvalue weighted by Crippen LogP contribution is -1.95. The summed E-state index contributed by atoms with van der Waals surface area (Å²) in [5.41, 5.74) is 0. The molecule has 0 spiro atoms. The lowest BCUT2D eigenvalue weighted by atomic mass is 9.99. The molecule has 0 saturated heterocycles. The van der Waals surface area contributed by atoms with Crippen LogP contribution in [0.4, 0.5) is 0 Å². The van der Waals surface area contributed by atoms with E-state index < -0.39 is 0 Å². The summed E-state index contributed by atoms with van der Waals surface area (Å²) in [6, 6.07) is 0. The monoisotopic (exact) mass is 146 g/mol. The van der Waals surface area contributed by atoms with E-state index in [9.17, 15) is 0 Å². The van der Waals surface area contributed by atoms with Gasteiger partial charge in [0, 0.05) is 0 Å². The van der Waals surface area contributed by atoms with Crippen LogP contribution in [-0.4, -0.2) is 18.7 Å². The van der Waals surface area contributed by atoms with Gasteiger partial charge in [-0.05, 0) is 23.7 Å². The van der Waals surface area contributed by atoms with Crippen LogP contribution in [0, 0.1) is 0 Å². The van der Waals surface area contributed by atoms with Gasteiger partial charge in [-0.1, -0.05) is 6.42 Å². The van der Waals surface area contributed by atoms with Crippen molar-refractivity contribution in [2.24, 2.45) is 0 Å². The van der Waals surface area contributed by atoms with Gasteiger partial charge < -0.3 is 0 Å². The minimum absolute atomic E-state index is 0.0647. The molecule has 0 N–H and O–H groups in total. The molecule has 0 fully saturated rings. The first-order valence-electron chi connectivity index (χ1n) is 2.82. The predicted octanol–water partition coefficient (Wildman–Crippen LogP) is 1.51. The normalized spacial score (nSPS) is 13.8. The second-order valence-corrected chi connectivity index (χ2v) is 2.90. The third-order valence-electron chi connectivity index (χ3n) is 0.908. The van der Waals surface area contributed by atoms with Crippen molar-refractivity contribution in [1.82, 2.24) is 0 Å². The van der Waals surface area contributed by atoms with Crippen molar-refractivity contribution in [1.29, 1.82) is 0 Å². The topological polar surface area (TPSA) is 0 Å². The Morgan fingerprint density at radius 2 is 2.00 bits per heavy atom. The molecule has 1 atom stereocenters. The maximum Gasteiger partial charge on any atom is 0.0842 e. The van der Waals surface area contributed by atoms with Gasteiger partial charge in [0.1, 0.15) is 0 Å². The summed E-state index contributed by atoms with van der Waals surface area (Å²) in [5.74, 6) is 0.959. The third kappa shape index (κ3) is 6.76. The zero-order valence-corrected chi connectivity index (χ0v) is 6.67. The molecule has 46 valence electrons. The van der Waals surface area contributed by atoms with Crippen molar-refractivity contribution in [3.8, 4) is 0 Å². The second-order valence-electron chi connectivity index (χ2n) is 1.79. The highest BCUT2D eigenvalue weighted by Gasteiger charge is 1.91. The molecule has 8 heavy (non-hydrogen) atoms. The van der Waals surface area contributed by atoms with E-state index in [4.69, 9.17) is 7.85 Å². The van der Waals surface area contributed by atoms with Crippen molar-refractivity contribution in [2.75, 3.05) is 5.75 Å². The summed E-state index contributed by atoms with van der Waals surface area (Å²) < 4.78 is 0. The van der Waals surface area contributed by atoms with Gasteiger partial charge in [0.25, 0.3) is 0 Å². The van der Waals surface area contributed by atoms with Crippen LogP contribution in [0.3, 0.4) is 0 Å². The average molecular weight is 146 g/mol. The fourth-order valence-electron chi connectivity index (χ4n) is 0.465. The summed E-state index contributed by atoms with van der Waals surface area (Å²) in [5, 5.41) is 0.0647. The number of hydrogen-bond donors (Lipinski definition) is 2. The van der Waals surface area contributed by atoms with Crippen LogP contribution in [0.5, 0.6) is 0 Å². The first-order valence-corrected chi connectivity index (χ1v) is 3.96. The standard InChI is InChI=1S/C5H11BS2/c6-5(8)3-1-2-4-7/h5,7-8H,1-4H2. The van der Waals surface area contributed by atoms with Crippen molar-refractivity contribution in [3.05, 3.63) is 0 Å². The summed E-state index contributed by atoms with van der Waals surface area (Å²) in [6.45, 7) is 0. The van der Waals surface area contributed by atoms with Gasteiger partial charge in [-0.2, -0.15) is 25.3 Å². The van der Waals surface area contributed by atoms with Crippen LogP contribution in [0.2, 0.25) is 0 Å². The smallest absolute Gasteiger partial charge is 0.0842 e. The minimum atomic E-state index is 0.0647. The Kier molecular flexibility index (Phi) is 6.46. The van der Waals surface area contributed by atoms with Crippen LogP contribution < -0.4 is 0 Å². The highest BCUT2D eigenvalue weighted by Crippen LogP contribution is 2.03. The van der Waals surface area contributed by atoms with Gasteiger partial charge in [0.05, 0.1) is 7.85 Å². The summed E-state index contributed by atoms with van der Waals surface area (Å²) in [7, 11) is 5.37. The van der Waals surface area contributed by atoms with Crippen LogP contribution in [0.1, 0.15) is 19.3 Å². The molecular formula is C5H11BS2. The molecule has 1 unspecified atom stereocenters. The van der Waals surface area contributed by atoms with Crippen molar-refractivity contribution >= 4 is 33.1 Å². The molecule has 0 aromatic rings. The van der Waals surface area contributed by atoms with E-state index in [1.54, 1.807) is 0 Å². The van der Waals surface area contributed by atoms with E-state index in [0.29, 0.717) is 0 Å². The fourth-order valence-corrected chi connectivity index (χ4v) is 0.871. The quantitative estimate of drug-likeness (QED) is 0.335. The molecule has 0 aliphatic rings. The Hall–Kier alpha value is 0.765. The van der Waals surface area contributed by atoms with Crippen LogP contribution in [0.15, 0.2) is 0 Å². The Morgan fingerprint density at radius 3 is 2.38 bits per heavy atom. The maximum atomic E-state index is 5.37. The van der Waals surface area contributed by atoms with E-state index in [1.165, 1.54) is 0 Å². The number of unbranched alkanes of at least 4 members (excludes halogenated alkanes) is 1. The van der Waals surface area contributed by atoms with Gasteiger partial charge >= 0.3 is 0 Å². The van der Waals surface area contributed by atoms with Crippen molar-refractivity contribution in [2.45, 2.75) is 24.4 Å². The molecule has 0 nitrogen and oxygen atoms in total. The number of hydrogen-bond acceptors (Lipinski definition) is 2. The third-order valence-corrected chi connectivity index (χ3v) is 1.48. The Balaban J connectivity index is 2.72. The summed E-state index contributed by atoms with van der Waals surface area (Å²) in [4.78, 5) is 0. The largest absolute Gasteiger partial charge is 0.186 e. The highest BCUT2D eigenvalue weighted by atomic mass is 32.1. The summed E-state index contributed by atoms with van der Waals surface area (Å²) in [6.07, 6.45) is 3.30. The number of thiol groups is 2. The van der Waals surface area contributed by atoms with Crippen molar-refractivity contribution in [3.63, 3.8) is 0 Å². The van der Waals surface area contributed by atoms with E-state index >= 15 is 0 Å². The van der Waals surface area contributed by atoms with Crippen LogP contribution in [0.25, 0.3) is 0 Å². The molecule has 0 bridgehead atoms. The number of rotatable bonds is 4. The molecule has 0 saturated carbocycles. The van der Waals surface area contributed by atoms with Crippen LogP contribution >= 0.6 is 25.3 Å². The fraction of sp³-hybridized carbons (Fsp3) is 1.00. The summed E-state index contributed by atoms with van der Waals surface area (Å²) >= 11 is 8.08. The highest BCUT2D eigenvalue weighted by molar-refractivity contribution is 7.82. The molecule has 0 rings (SSSR count). The lowest BCUT2D eigenvalue weighted by Gasteiger charge is -2.00. The van der Waals surface area contributed by atoms with E-state index in [0.717, 1.165) is 25.0 Å². The van der Waals surface area contributed by atoms with E-state index in [2.05, 4.69) is 25.3 Å². The molecule has 2 radical (unpaired) electrons. The first kappa shape index (κ1) is 8.76. The molecule has 0 amide bonds. The SMILES string of the molecule is [B]C(S)CCCCS. The minimum Gasteiger partial charge on any atom is -0.186 e. The van der Waals surface area contributed by atoms with Gasteiger partial charge in [-0.25, -0.2) is 0 Å². The van der Waals surface area contributed by atoms with Gasteiger partial charge in [-0.15, -0.1) is 0 Å². The first-order chi connectivity index (χ1) is 3.77. The van der Waals surface area contributed by atoms with Gasteiger partial charge in [-0.3, -0.25) is 0 Å².